The minimum atomic E-state index is -0.984. The van der Waals surface area contributed by atoms with Gasteiger partial charge < -0.3 is 10.8 Å². The monoisotopic (exact) mass is 459 g/mol. The summed E-state index contributed by atoms with van der Waals surface area (Å²) in [4.78, 5) is 23.7. The molecule has 7 heteroatoms. The van der Waals surface area contributed by atoms with Crippen molar-refractivity contribution in [1.82, 2.24) is 9.78 Å². The number of ketones is 1. The number of amides is 1. The Bertz CT molecular complexity index is 1330. The molecule has 1 aromatic heterocycles. The minimum Gasteiger partial charge on any atom is -0.389 e. The Labute approximate surface area is 196 Å². The lowest BCUT2D eigenvalue weighted by molar-refractivity contribution is -0.114. The third-order valence-corrected chi connectivity index (χ3v) is 7.65. The number of hydrogen-bond donors (Lipinski definition) is 2. The highest BCUT2D eigenvalue weighted by atomic mass is 19.1. The molecule has 34 heavy (non-hydrogen) atoms. The first-order valence-electron chi connectivity index (χ1n) is 11.4. The average molecular weight is 460 g/mol. The number of carbonyl (C=O) groups is 2. The Balaban J connectivity index is 1.42. The fourth-order valence-corrected chi connectivity index (χ4v) is 5.55. The molecule has 1 fully saturated rings. The number of rotatable bonds is 6. The van der Waals surface area contributed by atoms with Gasteiger partial charge in [0.05, 0.1) is 23.2 Å². The summed E-state index contributed by atoms with van der Waals surface area (Å²) in [5.74, 6) is -1.99. The summed E-state index contributed by atoms with van der Waals surface area (Å²) < 4.78 is 15.2. The number of nitrogens with zero attached hydrogens (tertiary/aromatic N) is 2. The number of nitrogens with two attached hydrogens (primary N) is 1. The van der Waals surface area contributed by atoms with Crippen LogP contribution in [0.4, 0.5) is 4.39 Å². The second-order valence-corrected chi connectivity index (χ2v) is 9.50. The van der Waals surface area contributed by atoms with Crippen LogP contribution in [0.15, 0.2) is 60.3 Å². The van der Waals surface area contributed by atoms with Gasteiger partial charge in [-0.05, 0) is 73.6 Å². The summed E-state index contributed by atoms with van der Waals surface area (Å²) in [6.45, 7) is 2.09. The molecule has 2 unspecified atom stereocenters. The molecule has 3 N–H and O–H groups in total. The van der Waals surface area contributed by atoms with Crippen LogP contribution >= 0.6 is 0 Å². The van der Waals surface area contributed by atoms with Crippen molar-refractivity contribution in [2.24, 2.45) is 11.1 Å². The van der Waals surface area contributed by atoms with E-state index in [1.54, 1.807) is 30.3 Å². The Kier molecular flexibility index (Phi) is 5.24. The maximum absolute atomic E-state index is 13.4. The van der Waals surface area contributed by atoms with E-state index in [0.717, 1.165) is 28.9 Å². The Morgan fingerprint density at radius 3 is 2.65 bits per heavy atom. The van der Waals surface area contributed by atoms with Gasteiger partial charge in [-0.15, -0.1) is 0 Å². The molecule has 6 nitrogen and oxygen atoms in total. The molecule has 1 amide bonds. The number of aliphatic hydroxyl groups is 1. The third kappa shape index (κ3) is 3.47. The van der Waals surface area contributed by atoms with Gasteiger partial charge in [0.25, 0.3) is 5.91 Å². The van der Waals surface area contributed by atoms with Gasteiger partial charge in [0.1, 0.15) is 5.82 Å². The molecule has 0 aliphatic heterocycles. The van der Waals surface area contributed by atoms with E-state index in [0.29, 0.717) is 36.8 Å². The molecular weight excluding hydrogens is 433 g/mol. The first-order chi connectivity index (χ1) is 16.2. The SMILES string of the molecule is CC12Cc3cnn(-c4ccc(F)cc4)c3C=C1CCC2(O)CCc1ccccc1C(=O)C(N)=O. The molecule has 1 saturated carbocycles. The fraction of sp³-hybridized carbons (Fsp3) is 0.296. The zero-order chi connectivity index (χ0) is 24.1. The molecule has 2 atom stereocenters. The van der Waals surface area contributed by atoms with Gasteiger partial charge in [-0.3, -0.25) is 9.59 Å². The van der Waals surface area contributed by atoms with Crippen molar-refractivity contribution in [3.63, 3.8) is 0 Å². The molecule has 174 valence electrons. The first kappa shape index (κ1) is 22.2. The summed E-state index contributed by atoms with van der Waals surface area (Å²) in [5.41, 5.74) is 8.70. The zero-order valence-corrected chi connectivity index (χ0v) is 18.9. The van der Waals surface area contributed by atoms with Crippen molar-refractivity contribution in [2.45, 2.75) is 44.6 Å². The number of Topliss-reactive ketones (excluding diaryl/α,β-unsaturated/α-hetero) is 1. The number of halogens is 1. The highest BCUT2D eigenvalue weighted by Crippen LogP contribution is 2.56. The predicted molar refractivity (Wildman–Crippen MR) is 126 cm³/mol. The molecule has 2 aliphatic rings. The van der Waals surface area contributed by atoms with Gasteiger partial charge in [-0.2, -0.15) is 5.10 Å². The summed E-state index contributed by atoms with van der Waals surface area (Å²) >= 11 is 0. The van der Waals surface area contributed by atoms with Crippen molar-refractivity contribution in [3.05, 3.63) is 88.5 Å². The normalized spacial score (nSPS) is 23.2. The van der Waals surface area contributed by atoms with Crippen LogP contribution in [0.25, 0.3) is 11.8 Å². The van der Waals surface area contributed by atoms with E-state index in [9.17, 15) is 19.1 Å². The lowest BCUT2D eigenvalue weighted by Crippen LogP contribution is -2.45. The van der Waals surface area contributed by atoms with Crippen LogP contribution in [0.5, 0.6) is 0 Å². The topological polar surface area (TPSA) is 98.2 Å². The molecule has 2 aliphatic carbocycles. The Morgan fingerprint density at radius 1 is 1.18 bits per heavy atom. The van der Waals surface area contributed by atoms with Gasteiger partial charge in [0, 0.05) is 11.0 Å². The molecule has 0 radical (unpaired) electrons. The van der Waals surface area contributed by atoms with Gasteiger partial charge in [0.2, 0.25) is 5.78 Å². The van der Waals surface area contributed by atoms with Gasteiger partial charge in [0.15, 0.2) is 0 Å². The average Bonchev–Trinajstić information content (AvgIpc) is 3.34. The highest BCUT2D eigenvalue weighted by molar-refractivity contribution is 6.42. The third-order valence-electron chi connectivity index (χ3n) is 7.65. The molecule has 0 spiro atoms. The van der Waals surface area contributed by atoms with Crippen molar-refractivity contribution in [3.8, 4) is 5.69 Å². The molecular formula is C27H26FN3O3. The number of carbonyl (C=O) groups excluding carboxylic acids is 2. The maximum atomic E-state index is 13.4. The number of benzene rings is 2. The lowest BCUT2D eigenvalue weighted by atomic mass is 9.65. The highest BCUT2D eigenvalue weighted by Gasteiger charge is 2.54. The van der Waals surface area contributed by atoms with Crippen molar-refractivity contribution >= 4 is 17.8 Å². The van der Waals surface area contributed by atoms with Crippen LogP contribution in [-0.2, 0) is 17.6 Å². The van der Waals surface area contributed by atoms with E-state index in [1.165, 1.54) is 12.1 Å². The van der Waals surface area contributed by atoms with Gasteiger partial charge in [-0.25, -0.2) is 9.07 Å². The van der Waals surface area contributed by atoms with Crippen LogP contribution in [0.2, 0.25) is 0 Å². The van der Waals surface area contributed by atoms with Crippen LogP contribution in [0, 0.1) is 11.2 Å². The molecule has 1 heterocycles. The Morgan fingerprint density at radius 2 is 1.91 bits per heavy atom. The quantitative estimate of drug-likeness (QED) is 0.433. The molecule has 2 aromatic carbocycles. The predicted octanol–water partition coefficient (Wildman–Crippen LogP) is 3.78. The van der Waals surface area contributed by atoms with Crippen molar-refractivity contribution in [1.29, 1.82) is 0 Å². The van der Waals surface area contributed by atoms with E-state index in [1.807, 2.05) is 16.9 Å². The smallest absolute Gasteiger partial charge is 0.289 e. The molecule has 0 saturated heterocycles. The maximum Gasteiger partial charge on any atom is 0.289 e. The Hall–Kier alpha value is -3.58. The molecule has 5 rings (SSSR count). The summed E-state index contributed by atoms with van der Waals surface area (Å²) in [5, 5.41) is 16.4. The minimum absolute atomic E-state index is 0.295. The van der Waals surface area contributed by atoms with Gasteiger partial charge in [-0.1, -0.05) is 36.8 Å². The number of fused-ring (bicyclic) bond motifs is 2. The number of primary amides is 1. The fourth-order valence-electron chi connectivity index (χ4n) is 5.55. The van der Waals surface area contributed by atoms with Crippen LogP contribution < -0.4 is 5.73 Å². The van der Waals surface area contributed by atoms with Crippen molar-refractivity contribution < 1.29 is 19.1 Å². The second-order valence-electron chi connectivity index (χ2n) is 9.50. The van der Waals surface area contributed by atoms with E-state index < -0.39 is 22.7 Å². The van der Waals surface area contributed by atoms with E-state index >= 15 is 0 Å². The molecule has 3 aromatic rings. The standard InChI is InChI=1S/C27H26FN3O3/c1-26-15-18-16-30-31(21-8-6-20(28)7-9-21)23(18)14-19(26)11-13-27(26,34)12-10-17-4-2-3-5-22(17)24(32)25(29)33/h2-9,14,16,34H,10-13,15H2,1H3,(H2,29,33). The number of aromatic nitrogens is 2. The number of aryl methyl sites for hydroxylation is 1. The second kappa shape index (κ2) is 8.02. The first-order valence-corrected chi connectivity index (χ1v) is 11.4. The van der Waals surface area contributed by atoms with E-state index in [4.69, 9.17) is 5.73 Å². The van der Waals surface area contributed by atoms with E-state index in [-0.39, 0.29) is 5.82 Å². The zero-order valence-electron chi connectivity index (χ0n) is 18.9. The van der Waals surface area contributed by atoms with Gasteiger partial charge >= 0.3 is 0 Å². The molecule has 0 bridgehead atoms. The summed E-state index contributed by atoms with van der Waals surface area (Å²) in [6, 6.07) is 13.2. The largest absolute Gasteiger partial charge is 0.389 e. The van der Waals surface area contributed by atoms with Crippen molar-refractivity contribution in [2.75, 3.05) is 0 Å². The summed E-state index contributed by atoms with van der Waals surface area (Å²) in [6.07, 6.45) is 6.82. The van der Waals surface area contributed by atoms with E-state index in [2.05, 4.69) is 18.1 Å². The van der Waals surface area contributed by atoms with Crippen LogP contribution in [-0.4, -0.2) is 32.2 Å². The van der Waals surface area contributed by atoms with Crippen LogP contribution in [0.3, 0.4) is 0 Å². The lowest BCUT2D eigenvalue weighted by Gasteiger charge is -2.42. The number of hydrogen-bond acceptors (Lipinski definition) is 4. The summed E-state index contributed by atoms with van der Waals surface area (Å²) in [7, 11) is 0. The van der Waals surface area contributed by atoms with Crippen LogP contribution in [0.1, 0.15) is 53.4 Å².